The quantitative estimate of drug-likeness (QED) is 0.318. The van der Waals surface area contributed by atoms with Crippen LogP contribution in [-0.4, -0.2) is 69.6 Å². The number of imidazole rings is 1. The molecule has 42 heavy (non-hydrogen) atoms. The monoisotopic (exact) mass is 592 g/mol. The van der Waals surface area contributed by atoms with Gasteiger partial charge in [-0.25, -0.2) is 4.98 Å². The Balaban J connectivity index is 1.21. The lowest BCUT2D eigenvalue weighted by Gasteiger charge is -2.31. The Kier molecular flexibility index (Phi) is 8.54. The van der Waals surface area contributed by atoms with Gasteiger partial charge in [-0.3, -0.25) is 4.79 Å². The summed E-state index contributed by atoms with van der Waals surface area (Å²) < 4.78 is 13.2. The zero-order valence-electron chi connectivity index (χ0n) is 25.9. The van der Waals surface area contributed by atoms with E-state index >= 15 is 0 Å². The second-order valence-corrected chi connectivity index (χ2v) is 14.5. The first-order valence-corrected chi connectivity index (χ1v) is 15.8. The molecule has 1 amide bonds. The van der Waals surface area contributed by atoms with Crippen LogP contribution >= 0.6 is 11.8 Å². The molecule has 3 heterocycles. The van der Waals surface area contributed by atoms with Gasteiger partial charge in [0, 0.05) is 25.2 Å². The lowest BCUT2D eigenvalue weighted by atomic mass is 9.78. The van der Waals surface area contributed by atoms with Crippen LogP contribution in [0.4, 0.5) is 0 Å². The van der Waals surface area contributed by atoms with Crippen molar-refractivity contribution in [1.29, 1.82) is 0 Å². The zero-order valence-corrected chi connectivity index (χ0v) is 26.8. The highest BCUT2D eigenvalue weighted by molar-refractivity contribution is 8.00. The number of amides is 1. The summed E-state index contributed by atoms with van der Waals surface area (Å²) in [6, 6.07) is 10.2. The van der Waals surface area contributed by atoms with E-state index in [-0.39, 0.29) is 28.9 Å². The van der Waals surface area contributed by atoms with Crippen LogP contribution in [0, 0.1) is 0 Å². The van der Waals surface area contributed by atoms with Gasteiger partial charge >= 0.3 is 0 Å². The zero-order chi connectivity index (χ0) is 30.2. The van der Waals surface area contributed by atoms with E-state index in [0.717, 1.165) is 65.5 Å². The van der Waals surface area contributed by atoms with Crippen LogP contribution in [0.25, 0.3) is 11.3 Å². The number of rotatable bonds is 9. The molecule has 0 bridgehead atoms. The number of phenolic OH excluding ortho intramolecular Hbond substituents is 1. The van der Waals surface area contributed by atoms with E-state index in [0.29, 0.717) is 18.0 Å². The Morgan fingerprint density at radius 1 is 1.00 bits per heavy atom. The SMILES string of the molecule is CN(CCCN1C(=O)CSC1c1cc(C(C)(C)C)c(O)c(C(C)(C)C)c1)CCn1cncc1-c1ccc2c(c1)OCO2. The highest BCUT2D eigenvalue weighted by Gasteiger charge is 2.35. The number of nitrogens with zero attached hydrogens (tertiary/aromatic N) is 4. The molecule has 2 aromatic carbocycles. The van der Waals surface area contributed by atoms with Gasteiger partial charge < -0.3 is 28.9 Å². The van der Waals surface area contributed by atoms with E-state index in [9.17, 15) is 9.90 Å². The predicted molar refractivity (Wildman–Crippen MR) is 168 cm³/mol. The van der Waals surface area contributed by atoms with Crippen LogP contribution in [-0.2, 0) is 22.2 Å². The number of carbonyl (C=O) groups excluding carboxylic acids is 1. The fourth-order valence-corrected chi connectivity index (χ4v) is 6.81. The van der Waals surface area contributed by atoms with Crippen molar-refractivity contribution < 1.29 is 19.4 Å². The molecule has 1 N–H and O–H groups in total. The Morgan fingerprint density at radius 2 is 1.69 bits per heavy atom. The minimum atomic E-state index is -0.210. The Bertz CT molecular complexity index is 1400. The van der Waals surface area contributed by atoms with Gasteiger partial charge in [-0.2, -0.15) is 0 Å². The maximum absolute atomic E-state index is 13.0. The number of fused-ring (bicyclic) bond motifs is 1. The third-order valence-corrected chi connectivity index (χ3v) is 9.30. The van der Waals surface area contributed by atoms with Crippen LogP contribution in [0.1, 0.15) is 70.0 Å². The number of likely N-dealkylation sites (N-methyl/N-ethyl adjacent to an activating group) is 1. The molecule has 0 aliphatic carbocycles. The summed E-state index contributed by atoms with van der Waals surface area (Å²) in [6.07, 6.45) is 4.64. The molecule has 3 aromatic rings. The van der Waals surface area contributed by atoms with Crippen molar-refractivity contribution in [2.75, 3.05) is 39.2 Å². The summed E-state index contributed by atoms with van der Waals surface area (Å²) >= 11 is 1.68. The first kappa shape index (κ1) is 30.3. The van der Waals surface area contributed by atoms with Gasteiger partial charge in [-0.15, -0.1) is 11.8 Å². The fourth-order valence-electron chi connectivity index (χ4n) is 5.61. The van der Waals surface area contributed by atoms with E-state index in [2.05, 4.69) is 75.2 Å². The van der Waals surface area contributed by atoms with Crippen molar-refractivity contribution in [1.82, 2.24) is 19.4 Å². The second kappa shape index (κ2) is 11.8. The molecule has 9 heteroatoms. The van der Waals surface area contributed by atoms with Crippen molar-refractivity contribution in [3.05, 3.63) is 59.5 Å². The number of aromatic hydroxyl groups is 1. The predicted octanol–water partition coefficient (Wildman–Crippen LogP) is 6.18. The summed E-state index contributed by atoms with van der Waals surface area (Å²) in [7, 11) is 2.13. The number of hydrogen-bond acceptors (Lipinski definition) is 7. The van der Waals surface area contributed by atoms with E-state index < -0.39 is 0 Å². The minimum Gasteiger partial charge on any atom is -0.507 e. The standard InChI is InChI=1S/C33H44N4O4S/c1-32(2,3)24-15-23(16-25(30(24)39)33(4,5)6)31-37(29(38)19-42-31)12-8-11-35(7)13-14-36-20-34-18-26(36)22-9-10-27-28(17-22)41-21-40-27/h9-10,15-18,20,31,39H,8,11-14,19,21H2,1-7H3. The molecule has 1 aromatic heterocycles. The Hall–Kier alpha value is -3.17. The molecule has 5 rings (SSSR count). The fraction of sp³-hybridized carbons (Fsp3) is 0.515. The van der Waals surface area contributed by atoms with Crippen LogP contribution < -0.4 is 9.47 Å². The lowest BCUT2D eigenvalue weighted by Crippen LogP contribution is -2.32. The van der Waals surface area contributed by atoms with Crippen LogP contribution in [0.3, 0.4) is 0 Å². The second-order valence-electron chi connectivity index (χ2n) is 13.4. The van der Waals surface area contributed by atoms with Crippen LogP contribution in [0.2, 0.25) is 0 Å². The summed E-state index contributed by atoms with van der Waals surface area (Å²) in [6.45, 7) is 16.3. The number of thioether (sulfide) groups is 1. The molecular formula is C33H44N4O4S. The summed E-state index contributed by atoms with van der Waals surface area (Å²) in [5, 5.41) is 11.1. The third-order valence-electron chi connectivity index (χ3n) is 8.04. The molecule has 0 radical (unpaired) electrons. The summed E-state index contributed by atoms with van der Waals surface area (Å²) in [5.74, 6) is 2.58. The van der Waals surface area contributed by atoms with E-state index in [1.165, 1.54) is 0 Å². The average Bonchev–Trinajstić information content (AvgIpc) is 3.66. The highest BCUT2D eigenvalue weighted by atomic mass is 32.2. The highest BCUT2D eigenvalue weighted by Crippen LogP contribution is 2.45. The molecule has 0 saturated carbocycles. The lowest BCUT2D eigenvalue weighted by molar-refractivity contribution is -0.128. The van der Waals surface area contributed by atoms with Crippen molar-refractivity contribution in [2.24, 2.45) is 0 Å². The van der Waals surface area contributed by atoms with E-state index in [1.807, 2.05) is 35.6 Å². The smallest absolute Gasteiger partial charge is 0.233 e. The van der Waals surface area contributed by atoms with Gasteiger partial charge in [0.15, 0.2) is 11.5 Å². The van der Waals surface area contributed by atoms with Gasteiger partial charge in [-0.1, -0.05) is 41.5 Å². The van der Waals surface area contributed by atoms with Crippen molar-refractivity contribution in [3.63, 3.8) is 0 Å². The van der Waals surface area contributed by atoms with Gasteiger partial charge in [0.25, 0.3) is 0 Å². The maximum atomic E-state index is 13.0. The molecular weight excluding hydrogens is 548 g/mol. The first-order valence-electron chi connectivity index (χ1n) is 14.7. The topological polar surface area (TPSA) is 80.1 Å². The summed E-state index contributed by atoms with van der Waals surface area (Å²) in [5.41, 5.74) is 4.64. The molecule has 2 aliphatic heterocycles. The van der Waals surface area contributed by atoms with Crippen LogP contribution in [0.15, 0.2) is 42.9 Å². The first-order chi connectivity index (χ1) is 19.8. The Labute approximate surface area is 254 Å². The number of hydrogen-bond donors (Lipinski definition) is 1. The van der Waals surface area contributed by atoms with Crippen molar-refractivity contribution in [2.45, 2.75) is 70.7 Å². The van der Waals surface area contributed by atoms with Gasteiger partial charge in [0.05, 0.1) is 24.0 Å². The average molecular weight is 593 g/mol. The van der Waals surface area contributed by atoms with E-state index in [4.69, 9.17) is 9.47 Å². The number of ether oxygens (including phenoxy) is 2. The molecule has 1 atom stereocenters. The minimum absolute atomic E-state index is 0.0409. The maximum Gasteiger partial charge on any atom is 0.233 e. The number of phenols is 1. The largest absolute Gasteiger partial charge is 0.507 e. The summed E-state index contributed by atoms with van der Waals surface area (Å²) in [4.78, 5) is 21.7. The molecule has 1 fully saturated rings. The number of carbonyl (C=O) groups is 1. The number of benzene rings is 2. The van der Waals surface area contributed by atoms with Crippen molar-refractivity contribution >= 4 is 17.7 Å². The molecule has 1 saturated heterocycles. The van der Waals surface area contributed by atoms with Gasteiger partial charge in [0.2, 0.25) is 12.7 Å². The molecule has 226 valence electrons. The number of aromatic nitrogens is 2. The molecule has 2 aliphatic rings. The molecule has 0 spiro atoms. The van der Waals surface area contributed by atoms with Gasteiger partial charge in [-0.05, 0) is 77.9 Å². The van der Waals surface area contributed by atoms with Crippen molar-refractivity contribution in [3.8, 4) is 28.5 Å². The third kappa shape index (κ3) is 6.42. The van der Waals surface area contributed by atoms with Gasteiger partial charge in [0.1, 0.15) is 11.1 Å². The van der Waals surface area contributed by atoms with Crippen LogP contribution in [0.5, 0.6) is 17.2 Å². The normalized spacial score (nSPS) is 17.1. The molecule has 1 unspecified atom stereocenters. The molecule has 8 nitrogen and oxygen atoms in total. The Morgan fingerprint density at radius 3 is 2.38 bits per heavy atom. The van der Waals surface area contributed by atoms with E-state index in [1.54, 1.807) is 11.8 Å².